The SMILES string of the molecule is CC1(C)COP(=S)(SC(=O)c2ccc([N+](=O)[O-])cc2)OC1. The summed E-state index contributed by atoms with van der Waals surface area (Å²) in [6, 6.07) is 5.38. The first-order chi connectivity index (χ1) is 9.71. The van der Waals surface area contributed by atoms with Gasteiger partial charge in [0.2, 0.25) is 5.12 Å². The quantitative estimate of drug-likeness (QED) is 0.468. The van der Waals surface area contributed by atoms with Crippen LogP contribution in [0.2, 0.25) is 0 Å². The zero-order valence-corrected chi connectivity index (χ0v) is 14.0. The summed E-state index contributed by atoms with van der Waals surface area (Å²) in [6.45, 7) is 4.89. The van der Waals surface area contributed by atoms with Crippen LogP contribution in [-0.4, -0.2) is 23.3 Å². The molecule has 0 N–H and O–H groups in total. The van der Waals surface area contributed by atoms with Crippen LogP contribution in [0.5, 0.6) is 0 Å². The molecule has 0 unspecified atom stereocenters. The average Bonchev–Trinajstić information content (AvgIpc) is 2.43. The van der Waals surface area contributed by atoms with E-state index < -0.39 is 10.6 Å². The number of rotatable bonds is 3. The topological polar surface area (TPSA) is 78.7 Å². The van der Waals surface area contributed by atoms with Crippen LogP contribution in [-0.2, 0) is 20.9 Å². The molecular weight excluding hydrogens is 333 g/mol. The lowest BCUT2D eigenvalue weighted by molar-refractivity contribution is -0.384. The molecule has 0 bridgehead atoms. The Labute approximate surface area is 131 Å². The maximum atomic E-state index is 12.2. The second-order valence-corrected chi connectivity index (χ2v) is 11.4. The molecule has 1 saturated heterocycles. The van der Waals surface area contributed by atoms with Crippen LogP contribution in [0.25, 0.3) is 0 Å². The second-order valence-electron chi connectivity index (χ2n) is 5.34. The number of hydrogen-bond donors (Lipinski definition) is 0. The van der Waals surface area contributed by atoms with Crippen LogP contribution in [0, 0.1) is 15.5 Å². The Balaban J connectivity index is 2.04. The predicted molar refractivity (Wildman–Crippen MR) is 85.0 cm³/mol. The van der Waals surface area contributed by atoms with Gasteiger partial charge in [0.25, 0.3) is 11.4 Å². The van der Waals surface area contributed by atoms with Crippen molar-refractivity contribution in [3.8, 4) is 0 Å². The number of nitro groups is 1. The molecule has 1 aliphatic heterocycles. The predicted octanol–water partition coefficient (Wildman–Crippen LogP) is 3.77. The van der Waals surface area contributed by atoms with Crippen molar-refractivity contribution in [3.63, 3.8) is 0 Å². The third kappa shape index (κ3) is 4.34. The van der Waals surface area contributed by atoms with Gasteiger partial charge in [0, 0.05) is 34.5 Å². The number of hydrogen-bond acceptors (Lipinski definition) is 7. The highest BCUT2D eigenvalue weighted by Crippen LogP contribution is 2.65. The summed E-state index contributed by atoms with van der Waals surface area (Å²) in [5.74, 6) is 0. The van der Waals surface area contributed by atoms with Gasteiger partial charge in [-0.1, -0.05) is 13.8 Å². The molecule has 114 valence electrons. The molecule has 0 radical (unpaired) electrons. The first-order valence-corrected chi connectivity index (χ1v) is 10.1. The third-order valence-electron chi connectivity index (χ3n) is 2.74. The van der Waals surface area contributed by atoms with E-state index in [0.717, 1.165) is 11.4 Å². The molecule has 0 spiro atoms. The van der Waals surface area contributed by atoms with Crippen molar-refractivity contribution < 1.29 is 18.8 Å². The molecular formula is C12H14NO5PS2. The summed E-state index contributed by atoms with van der Waals surface area (Å²) >= 11 is 6.16. The van der Waals surface area contributed by atoms with Gasteiger partial charge in [-0.25, -0.2) is 0 Å². The molecule has 0 aliphatic carbocycles. The molecule has 1 aliphatic rings. The fraction of sp³-hybridized carbons (Fsp3) is 0.417. The Morgan fingerprint density at radius 1 is 1.33 bits per heavy atom. The van der Waals surface area contributed by atoms with Crippen LogP contribution in [0.4, 0.5) is 5.69 Å². The molecule has 1 fully saturated rings. The van der Waals surface area contributed by atoms with E-state index in [2.05, 4.69) is 0 Å². The third-order valence-corrected chi connectivity index (χ3v) is 7.36. The van der Waals surface area contributed by atoms with Crippen LogP contribution >= 0.6 is 17.1 Å². The number of carbonyl (C=O) groups excluding carboxylic acids is 1. The van der Waals surface area contributed by atoms with Gasteiger partial charge in [-0.2, -0.15) is 0 Å². The van der Waals surface area contributed by atoms with Crippen LogP contribution in [0.3, 0.4) is 0 Å². The van der Waals surface area contributed by atoms with Crippen molar-refractivity contribution in [1.29, 1.82) is 0 Å². The minimum Gasteiger partial charge on any atom is -0.321 e. The molecule has 0 aromatic heterocycles. The van der Waals surface area contributed by atoms with E-state index in [-0.39, 0.29) is 16.2 Å². The Morgan fingerprint density at radius 3 is 2.33 bits per heavy atom. The maximum absolute atomic E-state index is 12.2. The standard InChI is InChI=1S/C12H14NO5PS2/c1-12(2)7-17-19(20,18-8-12)21-11(14)9-3-5-10(6-4-9)13(15)16/h3-6H,7-8H2,1-2H3. The highest BCUT2D eigenvalue weighted by Gasteiger charge is 2.35. The Morgan fingerprint density at radius 2 is 1.86 bits per heavy atom. The summed E-state index contributed by atoms with van der Waals surface area (Å²) in [5.41, 5.74) is -2.52. The summed E-state index contributed by atoms with van der Waals surface area (Å²) < 4.78 is 11.1. The number of nitrogens with zero attached hydrogens (tertiary/aromatic N) is 1. The number of non-ortho nitro benzene ring substituents is 1. The lowest BCUT2D eigenvalue weighted by Gasteiger charge is -2.35. The smallest absolute Gasteiger partial charge is 0.269 e. The van der Waals surface area contributed by atoms with E-state index in [4.69, 9.17) is 20.9 Å². The van der Waals surface area contributed by atoms with E-state index in [1.807, 2.05) is 13.8 Å². The van der Waals surface area contributed by atoms with Crippen molar-refractivity contribution in [2.45, 2.75) is 13.8 Å². The van der Waals surface area contributed by atoms with Gasteiger partial charge >= 0.3 is 0 Å². The molecule has 21 heavy (non-hydrogen) atoms. The summed E-state index contributed by atoms with van der Waals surface area (Å²) in [7, 11) is 0. The minimum atomic E-state index is -2.68. The minimum absolute atomic E-state index is 0.0636. The molecule has 2 rings (SSSR count). The Bertz CT molecular complexity index is 603. The Hall–Kier alpha value is -0.790. The van der Waals surface area contributed by atoms with Crippen molar-refractivity contribution >= 4 is 39.7 Å². The molecule has 1 aromatic rings. The highest BCUT2D eigenvalue weighted by molar-refractivity contribution is 8.73. The van der Waals surface area contributed by atoms with E-state index >= 15 is 0 Å². The van der Waals surface area contributed by atoms with Gasteiger partial charge in [-0.15, -0.1) is 0 Å². The Kier molecular flexibility index (Phi) is 4.85. The molecule has 1 aromatic carbocycles. The molecule has 0 saturated carbocycles. The van der Waals surface area contributed by atoms with Gasteiger partial charge in [-0.3, -0.25) is 14.9 Å². The zero-order valence-electron chi connectivity index (χ0n) is 11.5. The van der Waals surface area contributed by atoms with Crippen molar-refractivity contribution in [2.75, 3.05) is 13.2 Å². The summed E-state index contributed by atoms with van der Waals surface area (Å²) in [6.07, 6.45) is 0. The lowest BCUT2D eigenvalue weighted by atomic mass is 9.97. The molecule has 1 heterocycles. The summed E-state index contributed by atoms with van der Waals surface area (Å²) in [5, 5.41) is 10.3. The van der Waals surface area contributed by atoms with Crippen LogP contribution in [0.1, 0.15) is 24.2 Å². The van der Waals surface area contributed by atoms with Crippen LogP contribution < -0.4 is 0 Å². The monoisotopic (exact) mass is 347 g/mol. The van der Waals surface area contributed by atoms with Gasteiger partial charge < -0.3 is 9.05 Å². The molecule has 0 atom stereocenters. The lowest BCUT2D eigenvalue weighted by Crippen LogP contribution is -2.28. The van der Waals surface area contributed by atoms with E-state index in [9.17, 15) is 14.9 Å². The van der Waals surface area contributed by atoms with Gasteiger partial charge in [0.1, 0.15) is 0 Å². The van der Waals surface area contributed by atoms with Crippen molar-refractivity contribution in [1.82, 2.24) is 0 Å². The second kappa shape index (κ2) is 6.14. The first kappa shape index (κ1) is 16.6. The molecule has 9 heteroatoms. The normalized spacial score (nSPS) is 19.9. The van der Waals surface area contributed by atoms with E-state index in [1.165, 1.54) is 24.3 Å². The van der Waals surface area contributed by atoms with Crippen molar-refractivity contribution in [2.24, 2.45) is 5.41 Å². The summed E-state index contributed by atoms with van der Waals surface area (Å²) in [4.78, 5) is 22.2. The zero-order chi connectivity index (χ0) is 15.7. The first-order valence-electron chi connectivity index (χ1n) is 6.08. The van der Waals surface area contributed by atoms with Gasteiger partial charge in [-0.05, 0) is 23.9 Å². The van der Waals surface area contributed by atoms with Crippen molar-refractivity contribution in [3.05, 3.63) is 39.9 Å². The fourth-order valence-electron chi connectivity index (χ4n) is 1.51. The van der Waals surface area contributed by atoms with E-state index in [1.54, 1.807) is 0 Å². The fourth-order valence-corrected chi connectivity index (χ4v) is 5.64. The van der Waals surface area contributed by atoms with Gasteiger partial charge in [0.15, 0.2) is 0 Å². The highest BCUT2D eigenvalue weighted by atomic mass is 32.9. The average molecular weight is 347 g/mol. The number of carbonyl (C=O) groups is 1. The largest absolute Gasteiger partial charge is 0.321 e. The van der Waals surface area contributed by atoms with Gasteiger partial charge in [0.05, 0.1) is 18.1 Å². The van der Waals surface area contributed by atoms with Crippen LogP contribution in [0.15, 0.2) is 24.3 Å². The number of nitro benzene ring substituents is 1. The van der Waals surface area contributed by atoms with E-state index in [0.29, 0.717) is 18.8 Å². The maximum Gasteiger partial charge on any atom is 0.269 e. The molecule has 6 nitrogen and oxygen atoms in total. The molecule has 0 amide bonds. The number of benzene rings is 1.